The summed E-state index contributed by atoms with van der Waals surface area (Å²) in [4.78, 5) is 11.5. The van der Waals surface area contributed by atoms with Crippen molar-refractivity contribution in [1.82, 2.24) is 5.32 Å². The Bertz CT molecular complexity index is 577. The Morgan fingerprint density at radius 2 is 1.95 bits per heavy atom. The second-order valence-electron chi connectivity index (χ2n) is 4.89. The first-order valence-corrected chi connectivity index (χ1v) is 7.11. The van der Waals surface area contributed by atoms with E-state index >= 15 is 0 Å². The molecule has 2 aromatic rings. The third-order valence-corrected chi connectivity index (χ3v) is 3.70. The van der Waals surface area contributed by atoms with Crippen LogP contribution in [0, 0.1) is 0 Å². The molecule has 0 bridgehead atoms. The van der Waals surface area contributed by atoms with Gasteiger partial charge in [-0.25, -0.2) is 4.79 Å². The fraction of sp³-hybridized carbons (Fsp3) is 0.353. The maximum atomic E-state index is 11.5. The van der Waals surface area contributed by atoms with Gasteiger partial charge in [0.1, 0.15) is 5.76 Å². The zero-order valence-corrected chi connectivity index (χ0v) is 12.6. The van der Waals surface area contributed by atoms with Gasteiger partial charge < -0.3 is 14.5 Å². The molecule has 2 unspecified atom stereocenters. The van der Waals surface area contributed by atoms with Crippen LogP contribution >= 0.6 is 0 Å². The minimum atomic E-state index is -0.455. The van der Waals surface area contributed by atoms with Crippen molar-refractivity contribution in [3.05, 3.63) is 59.5 Å². The number of hydrogen-bond acceptors (Lipinski definition) is 4. The van der Waals surface area contributed by atoms with Gasteiger partial charge in [-0.1, -0.05) is 37.3 Å². The first-order chi connectivity index (χ1) is 10.2. The summed E-state index contributed by atoms with van der Waals surface area (Å²) in [5, 5.41) is 3.29. The fourth-order valence-electron chi connectivity index (χ4n) is 2.64. The third-order valence-electron chi connectivity index (χ3n) is 3.70. The number of furan rings is 1. The molecular formula is C17H21NO3. The fourth-order valence-corrected chi connectivity index (χ4v) is 2.64. The SMILES string of the molecule is CCC(c1ccccc1)C(NC)c1ccc(C(=O)OC)o1. The molecule has 4 nitrogen and oxygen atoms in total. The van der Waals surface area contributed by atoms with E-state index in [9.17, 15) is 4.79 Å². The smallest absolute Gasteiger partial charge is 0.373 e. The summed E-state index contributed by atoms with van der Waals surface area (Å²) < 4.78 is 10.3. The molecule has 0 saturated heterocycles. The van der Waals surface area contributed by atoms with Gasteiger partial charge in [0.05, 0.1) is 13.2 Å². The predicted octanol–water partition coefficient (Wildman–Crippen LogP) is 3.52. The number of esters is 1. The van der Waals surface area contributed by atoms with Crippen LogP contribution in [0.4, 0.5) is 0 Å². The third kappa shape index (κ3) is 3.34. The normalized spacial score (nSPS) is 13.7. The van der Waals surface area contributed by atoms with Crippen molar-refractivity contribution in [3.63, 3.8) is 0 Å². The van der Waals surface area contributed by atoms with Gasteiger partial charge in [-0.2, -0.15) is 0 Å². The van der Waals surface area contributed by atoms with Crippen LogP contribution < -0.4 is 5.32 Å². The first kappa shape index (κ1) is 15.3. The maximum absolute atomic E-state index is 11.5. The molecule has 1 aromatic carbocycles. The van der Waals surface area contributed by atoms with Gasteiger partial charge in [0.15, 0.2) is 0 Å². The van der Waals surface area contributed by atoms with Crippen LogP contribution in [-0.4, -0.2) is 20.1 Å². The standard InChI is InChI=1S/C17H21NO3/c1-4-13(12-8-6-5-7-9-12)16(18-2)14-10-11-15(21-14)17(19)20-3/h5-11,13,16,18H,4H2,1-3H3. The molecule has 1 aromatic heterocycles. The molecule has 0 aliphatic heterocycles. The number of nitrogens with one attached hydrogen (secondary N) is 1. The number of benzene rings is 1. The van der Waals surface area contributed by atoms with E-state index in [0.717, 1.165) is 12.2 Å². The van der Waals surface area contributed by atoms with Crippen molar-refractivity contribution in [3.8, 4) is 0 Å². The number of methoxy groups -OCH3 is 1. The van der Waals surface area contributed by atoms with Crippen LogP contribution in [0.1, 0.15) is 47.2 Å². The lowest BCUT2D eigenvalue weighted by Crippen LogP contribution is -2.23. The minimum absolute atomic E-state index is 0.0100. The molecule has 4 heteroatoms. The number of hydrogen-bond donors (Lipinski definition) is 1. The Morgan fingerprint density at radius 3 is 2.52 bits per heavy atom. The zero-order valence-electron chi connectivity index (χ0n) is 12.6. The summed E-state index contributed by atoms with van der Waals surface area (Å²) in [7, 11) is 3.25. The molecule has 0 aliphatic rings. The molecule has 0 spiro atoms. The molecule has 0 aliphatic carbocycles. The Morgan fingerprint density at radius 1 is 1.24 bits per heavy atom. The number of ether oxygens (including phenoxy) is 1. The van der Waals surface area contributed by atoms with Crippen molar-refractivity contribution < 1.29 is 13.9 Å². The van der Waals surface area contributed by atoms with Crippen LogP contribution in [0.3, 0.4) is 0 Å². The number of likely N-dealkylation sites (N-methyl/N-ethyl adjacent to an activating group) is 1. The average molecular weight is 287 g/mol. The predicted molar refractivity (Wildman–Crippen MR) is 81.3 cm³/mol. The van der Waals surface area contributed by atoms with E-state index in [4.69, 9.17) is 4.42 Å². The molecule has 0 radical (unpaired) electrons. The summed E-state index contributed by atoms with van der Waals surface area (Å²) in [6.45, 7) is 2.15. The number of carbonyl (C=O) groups excluding carboxylic acids is 1. The van der Waals surface area contributed by atoms with Crippen molar-refractivity contribution in [1.29, 1.82) is 0 Å². The summed E-state index contributed by atoms with van der Waals surface area (Å²) in [5.74, 6) is 0.793. The largest absolute Gasteiger partial charge is 0.463 e. The molecule has 0 saturated carbocycles. The van der Waals surface area contributed by atoms with E-state index in [1.54, 1.807) is 6.07 Å². The van der Waals surface area contributed by atoms with E-state index in [2.05, 4.69) is 29.1 Å². The zero-order chi connectivity index (χ0) is 15.2. The van der Waals surface area contributed by atoms with E-state index in [-0.39, 0.29) is 17.7 Å². The van der Waals surface area contributed by atoms with Crippen LogP contribution in [0.15, 0.2) is 46.9 Å². The van der Waals surface area contributed by atoms with E-state index in [0.29, 0.717) is 0 Å². The van der Waals surface area contributed by atoms with Crippen molar-refractivity contribution in [2.24, 2.45) is 0 Å². The van der Waals surface area contributed by atoms with Gasteiger partial charge in [-0.05, 0) is 31.2 Å². The van der Waals surface area contributed by atoms with Gasteiger partial charge in [0.25, 0.3) is 0 Å². The molecule has 0 amide bonds. The number of rotatable bonds is 6. The molecule has 2 atom stereocenters. The lowest BCUT2D eigenvalue weighted by molar-refractivity contribution is 0.0561. The lowest BCUT2D eigenvalue weighted by Gasteiger charge is -2.24. The van der Waals surface area contributed by atoms with Crippen molar-refractivity contribution >= 4 is 5.97 Å². The van der Waals surface area contributed by atoms with Gasteiger partial charge in [0.2, 0.25) is 5.76 Å². The minimum Gasteiger partial charge on any atom is -0.463 e. The average Bonchev–Trinajstić information content (AvgIpc) is 3.02. The first-order valence-electron chi connectivity index (χ1n) is 7.11. The van der Waals surface area contributed by atoms with Crippen LogP contribution in [0.5, 0.6) is 0 Å². The molecule has 1 heterocycles. The highest BCUT2D eigenvalue weighted by Gasteiger charge is 2.25. The molecule has 1 N–H and O–H groups in total. The lowest BCUT2D eigenvalue weighted by atomic mass is 9.88. The molecule has 0 fully saturated rings. The second-order valence-corrected chi connectivity index (χ2v) is 4.89. The van der Waals surface area contributed by atoms with Crippen LogP contribution in [0.2, 0.25) is 0 Å². The highest BCUT2D eigenvalue weighted by atomic mass is 16.5. The topological polar surface area (TPSA) is 51.5 Å². The maximum Gasteiger partial charge on any atom is 0.373 e. The highest BCUT2D eigenvalue weighted by Crippen LogP contribution is 2.34. The van der Waals surface area contributed by atoms with Crippen LogP contribution in [-0.2, 0) is 4.74 Å². The van der Waals surface area contributed by atoms with E-state index < -0.39 is 5.97 Å². The Kier molecular flexibility index (Phi) is 5.17. The summed E-state index contributed by atoms with van der Waals surface area (Å²) in [6.07, 6.45) is 0.962. The summed E-state index contributed by atoms with van der Waals surface area (Å²) in [5.41, 5.74) is 1.25. The molecule has 21 heavy (non-hydrogen) atoms. The molecule has 112 valence electrons. The van der Waals surface area contributed by atoms with Gasteiger partial charge in [-0.3, -0.25) is 0 Å². The van der Waals surface area contributed by atoms with Gasteiger partial charge >= 0.3 is 5.97 Å². The second kappa shape index (κ2) is 7.09. The summed E-state index contributed by atoms with van der Waals surface area (Å²) in [6, 6.07) is 13.8. The van der Waals surface area contributed by atoms with Crippen LogP contribution in [0.25, 0.3) is 0 Å². The van der Waals surface area contributed by atoms with E-state index in [1.165, 1.54) is 12.7 Å². The molecular weight excluding hydrogens is 266 g/mol. The number of carbonyl (C=O) groups is 1. The Labute approximate surface area is 125 Å². The highest BCUT2D eigenvalue weighted by molar-refractivity contribution is 5.86. The monoisotopic (exact) mass is 287 g/mol. The van der Waals surface area contributed by atoms with Gasteiger partial charge in [0, 0.05) is 5.92 Å². The Hall–Kier alpha value is -2.07. The molecule has 2 rings (SSSR count). The van der Waals surface area contributed by atoms with Gasteiger partial charge in [-0.15, -0.1) is 0 Å². The van der Waals surface area contributed by atoms with Crippen molar-refractivity contribution in [2.75, 3.05) is 14.2 Å². The Balaban J connectivity index is 2.29. The summed E-state index contributed by atoms with van der Waals surface area (Å²) >= 11 is 0. The quantitative estimate of drug-likeness (QED) is 0.826. The van der Waals surface area contributed by atoms with E-state index in [1.807, 2.05) is 31.3 Å². The van der Waals surface area contributed by atoms with Crippen molar-refractivity contribution in [2.45, 2.75) is 25.3 Å².